The summed E-state index contributed by atoms with van der Waals surface area (Å²) in [7, 11) is 0. The van der Waals surface area contributed by atoms with E-state index < -0.39 is 36.5 Å². The van der Waals surface area contributed by atoms with Gasteiger partial charge in [-0.2, -0.15) is 5.90 Å². The maximum atomic E-state index is 10.9. The van der Waals surface area contributed by atoms with Gasteiger partial charge in [0, 0.05) is 6.42 Å². The first-order chi connectivity index (χ1) is 7.36. The van der Waals surface area contributed by atoms with Gasteiger partial charge in [-0.05, 0) is 19.8 Å². The zero-order valence-corrected chi connectivity index (χ0v) is 9.00. The van der Waals surface area contributed by atoms with Gasteiger partial charge in [0.15, 0.2) is 0 Å². The molecule has 0 saturated carbocycles. The highest BCUT2D eigenvalue weighted by molar-refractivity contribution is 6.33. The van der Waals surface area contributed by atoms with Gasteiger partial charge in [0.1, 0.15) is 0 Å². The summed E-state index contributed by atoms with van der Waals surface area (Å²) < 4.78 is 0. The molecule has 0 fully saturated rings. The third kappa shape index (κ3) is 6.46. The summed E-state index contributed by atoms with van der Waals surface area (Å²) in [5.74, 6) is 2.29. The van der Waals surface area contributed by atoms with Crippen LogP contribution in [-0.2, 0) is 14.4 Å². The van der Waals surface area contributed by atoms with E-state index in [0.29, 0.717) is 0 Å². The van der Waals surface area contributed by atoms with E-state index in [1.165, 1.54) is 6.92 Å². The molecule has 0 aromatic heterocycles. The number of hydrogen-bond donors (Lipinski definition) is 4. The molecule has 0 saturated heterocycles. The Labute approximate surface area is 92.8 Å². The van der Waals surface area contributed by atoms with E-state index in [0.717, 1.165) is 0 Å². The Morgan fingerprint density at radius 3 is 2.19 bits per heavy atom. The molecule has 0 spiro atoms. The number of rotatable bonds is 7. The molecule has 0 amide bonds. The third-order valence-electron chi connectivity index (χ3n) is 1.91. The van der Waals surface area contributed by atoms with Gasteiger partial charge in [-0.3, -0.25) is 4.79 Å². The van der Waals surface area contributed by atoms with Gasteiger partial charge >= 0.3 is 5.97 Å². The molecule has 0 aliphatic heterocycles. The van der Waals surface area contributed by atoms with Crippen molar-refractivity contribution in [2.75, 3.05) is 0 Å². The van der Waals surface area contributed by atoms with Crippen LogP contribution in [0.1, 0.15) is 26.2 Å². The Kier molecular flexibility index (Phi) is 6.82. The van der Waals surface area contributed by atoms with Gasteiger partial charge < -0.3 is 20.2 Å². The molecule has 0 aliphatic rings. The molecule has 16 heavy (non-hydrogen) atoms. The van der Waals surface area contributed by atoms with Gasteiger partial charge in [0.05, 0.1) is 18.3 Å². The number of ketones is 1. The summed E-state index contributed by atoms with van der Waals surface area (Å²) in [4.78, 5) is 25.2. The molecule has 7 heteroatoms. The zero-order valence-electron chi connectivity index (χ0n) is 9.00. The van der Waals surface area contributed by atoms with Crippen molar-refractivity contribution >= 4 is 11.8 Å². The molecule has 7 nitrogen and oxygen atoms in total. The summed E-state index contributed by atoms with van der Waals surface area (Å²) >= 11 is 0. The monoisotopic (exact) mass is 235 g/mol. The van der Waals surface area contributed by atoms with Crippen molar-refractivity contribution in [2.45, 2.75) is 44.5 Å². The molecule has 0 aromatic rings. The van der Waals surface area contributed by atoms with Gasteiger partial charge in [0.2, 0.25) is 5.78 Å². The van der Waals surface area contributed by atoms with Crippen LogP contribution in [0.3, 0.4) is 0 Å². The Morgan fingerprint density at radius 1 is 1.19 bits per heavy atom. The molecule has 5 N–H and O–H groups in total. The summed E-state index contributed by atoms with van der Waals surface area (Å²) in [5.41, 5.74) is 0. The van der Waals surface area contributed by atoms with Crippen LogP contribution in [0.4, 0.5) is 0 Å². The molecule has 3 unspecified atom stereocenters. The van der Waals surface area contributed by atoms with E-state index in [2.05, 4.69) is 10.7 Å². The van der Waals surface area contributed by atoms with Crippen LogP contribution in [-0.4, -0.2) is 45.4 Å². The summed E-state index contributed by atoms with van der Waals surface area (Å²) in [6, 6.07) is 0. The topological polar surface area (TPSA) is 130 Å². The first kappa shape index (κ1) is 15.0. The second-order valence-corrected chi connectivity index (χ2v) is 3.66. The zero-order chi connectivity index (χ0) is 12.7. The fourth-order valence-electron chi connectivity index (χ4n) is 1.25. The van der Waals surface area contributed by atoms with Crippen molar-refractivity contribution in [3.8, 4) is 0 Å². The minimum Gasteiger partial charge on any atom is -0.393 e. The van der Waals surface area contributed by atoms with E-state index in [1.807, 2.05) is 0 Å². The molecular weight excluding hydrogens is 218 g/mol. The average molecular weight is 235 g/mol. The fourth-order valence-corrected chi connectivity index (χ4v) is 1.25. The van der Waals surface area contributed by atoms with Crippen LogP contribution in [0.25, 0.3) is 0 Å². The summed E-state index contributed by atoms with van der Waals surface area (Å²) in [6.07, 6.45) is -3.28. The molecule has 0 heterocycles. The van der Waals surface area contributed by atoms with Crippen LogP contribution in [0, 0.1) is 0 Å². The van der Waals surface area contributed by atoms with Crippen LogP contribution < -0.4 is 5.90 Å². The summed E-state index contributed by atoms with van der Waals surface area (Å²) in [5, 5.41) is 27.6. The number of carbonyl (C=O) groups excluding carboxylic acids is 2. The predicted molar refractivity (Wildman–Crippen MR) is 52.8 cm³/mol. The lowest BCUT2D eigenvalue weighted by Gasteiger charge is -2.15. The maximum Gasteiger partial charge on any atom is 0.393 e. The van der Waals surface area contributed by atoms with Crippen molar-refractivity contribution in [3.05, 3.63) is 0 Å². The van der Waals surface area contributed by atoms with E-state index >= 15 is 0 Å². The molecule has 0 aliphatic carbocycles. The molecule has 0 radical (unpaired) electrons. The second-order valence-electron chi connectivity index (χ2n) is 3.66. The van der Waals surface area contributed by atoms with E-state index in [-0.39, 0.29) is 12.8 Å². The highest BCUT2D eigenvalue weighted by Crippen LogP contribution is 2.08. The first-order valence-electron chi connectivity index (χ1n) is 4.84. The number of carbonyl (C=O) groups is 2. The molecular formula is C9H17NO6. The lowest BCUT2D eigenvalue weighted by Crippen LogP contribution is -2.28. The molecule has 0 aromatic carbocycles. The van der Waals surface area contributed by atoms with Gasteiger partial charge in [-0.15, -0.1) is 0 Å². The van der Waals surface area contributed by atoms with E-state index in [9.17, 15) is 19.8 Å². The first-order valence-corrected chi connectivity index (χ1v) is 4.84. The SMILES string of the molecule is CC(O)CC(O)CC(O)CC(=O)C(=O)ON. The van der Waals surface area contributed by atoms with Crippen LogP contribution >= 0.6 is 0 Å². The lowest BCUT2D eigenvalue weighted by molar-refractivity contribution is -0.155. The largest absolute Gasteiger partial charge is 0.393 e. The maximum absolute atomic E-state index is 10.9. The number of aliphatic hydroxyl groups is 3. The number of aliphatic hydroxyl groups excluding tert-OH is 3. The van der Waals surface area contributed by atoms with E-state index in [1.54, 1.807) is 0 Å². The van der Waals surface area contributed by atoms with Crippen molar-refractivity contribution in [2.24, 2.45) is 5.90 Å². The van der Waals surface area contributed by atoms with Crippen molar-refractivity contribution in [1.82, 2.24) is 0 Å². The van der Waals surface area contributed by atoms with Crippen molar-refractivity contribution < 1.29 is 29.7 Å². The molecule has 0 rings (SSSR count). The van der Waals surface area contributed by atoms with Crippen LogP contribution in [0.15, 0.2) is 0 Å². The minimum absolute atomic E-state index is 0.0899. The van der Waals surface area contributed by atoms with Gasteiger partial charge in [-0.1, -0.05) is 0 Å². The normalized spacial score (nSPS) is 16.3. The van der Waals surface area contributed by atoms with Crippen LogP contribution in [0.5, 0.6) is 0 Å². The Bertz CT molecular complexity index is 242. The fraction of sp³-hybridized carbons (Fsp3) is 0.778. The quantitative estimate of drug-likeness (QED) is 0.304. The number of nitrogens with two attached hydrogens (primary N) is 1. The number of hydrogen-bond acceptors (Lipinski definition) is 7. The lowest BCUT2D eigenvalue weighted by atomic mass is 10.0. The highest BCUT2D eigenvalue weighted by Gasteiger charge is 2.21. The van der Waals surface area contributed by atoms with E-state index in [4.69, 9.17) is 5.11 Å². The van der Waals surface area contributed by atoms with Gasteiger partial charge in [-0.25, -0.2) is 4.79 Å². The van der Waals surface area contributed by atoms with Crippen molar-refractivity contribution in [1.29, 1.82) is 0 Å². The van der Waals surface area contributed by atoms with Gasteiger partial charge in [0.25, 0.3) is 0 Å². The van der Waals surface area contributed by atoms with Crippen LogP contribution in [0.2, 0.25) is 0 Å². The second kappa shape index (κ2) is 7.29. The molecule has 0 bridgehead atoms. The average Bonchev–Trinajstić information content (AvgIpc) is 2.14. The molecule has 94 valence electrons. The predicted octanol–water partition coefficient (Wildman–Crippen LogP) is -1.75. The number of Topliss-reactive ketones (excluding diaryl/α,β-unsaturated/α-hetero) is 1. The van der Waals surface area contributed by atoms with Crippen molar-refractivity contribution in [3.63, 3.8) is 0 Å². The highest BCUT2D eigenvalue weighted by atomic mass is 16.7. The minimum atomic E-state index is -1.23. The Hall–Kier alpha value is -1.02. The Balaban J connectivity index is 3.94. The third-order valence-corrected chi connectivity index (χ3v) is 1.91. The Morgan fingerprint density at radius 2 is 1.75 bits per heavy atom. The molecule has 3 atom stereocenters. The smallest absolute Gasteiger partial charge is 0.393 e. The standard InChI is InChI=1S/C9H17NO6/c1-5(11)2-6(12)3-7(13)4-8(14)9(15)16-10/h5-7,11-13H,2-4,10H2,1H3. The summed E-state index contributed by atoms with van der Waals surface area (Å²) in [6.45, 7) is 1.49.